The molecule has 1 atom stereocenters. The van der Waals surface area contributed by atoms with Crippen molar-refractivity contribution in [2.75, 3.05) is 18.0 Å². The molecule has 1 aromatic carbocycles. The van der Waals surface area contributed by atoms with Crippen LogP contribution in [0.15, 0.2) is 36.7 Å². The van der Waals surface area contributed by atoms with Crippen molar-refractivity contribution in [2.45, 2.75) is 50.8 Å². The van der Waals surface area contributed by atoms with Crippen molar-refractivity contribution in [1.82, 2.24) is 4.98 Å². The number of halogens is 3. The second-order valence-corrected chi connectivity index (χ2v) is 8.55. The topological polar surface area (TPSA) is 62.7 Å². The maximum Gasteiger partial charge on any atom is 0.419 e. The molecule has 0 radical (unpaired) electrons. The summed E-state index contributed by atoms with van der Waals surface area (Å²) in [5.41, 5.74) is 1.06. The molecule has 1 saturated heterocycles. The molecule has 2 aromatic rings. The van der Waals surface area contributed by atoms with Crippen LogP contribution in [0.1, 0.15) is 42.9 Å². The van der Waals surface area contributed by atoms with E-state index in [1.807, 2.05) is 18.2 Å². The Hall–Kier alpha value is -2.77. The van der Waals surface area contributed by atoms with E-state index in [9.17, 15) is 18.0 Å². The van der Waals surface area contributed by atoms with Crippen LogP contribution >= 0.6 is 0 Å². The Labute approximate surface area is 178 Å². The number of carbonyl (C=O) groups is 1. The Kier molecular flexibility index (Phi) is 5.58. The number of rotatable bonds is 4. The number of fused-ring (bicyclic) bond motifs is 1. The first kappa shape index (κ1) is 21.5. The fourth-order valence-electron chi connectivity index (χ4n) is 4.50. The number of alkyl halides is 3. The Balaban J connectivity index is 1.48. The number of hydrogen-bond acceptors (Lipinski definition) is 4. The van der Waals surface area contributed by atoms with Gasteiger partial charge in [-0.05, 0) is 42.5 Å². The van der Waals surface area contributed by atoms with E-state index in [2.05, 4.69) is 4.98 Å². The first-order chi connectivity index (χ1) is 14.7. The van der Waals surface area contributed by atoms with E-state index in [1.54, 1.807) is 11.8 Å². The minimum Gasteiger partial charge on any atom is -0.487 e. The van der Waals surface area contributed by atoms with Crippen LogP contribution in [0.3, 0.4) is 0 Å². The lowest BCUT2D eigenvalue weighted by molar-refractivity contribution is -0.141. The number of carboxylic acid groups (broad SMARTS) is 1. The van der Waals surface area contributed by atoms with Gasteiger partial charge in [0, 0.05) is 38.3 Å². The Morgan fingerprint density at radius 2 is 2.00 bits per heavy atom. The van der Waals surface area contributed by atoms with Crippen molar-refractivity contribution in [2.24, 2.45) is 5.92 Å². The molecule has 1 unspecified atom stereocenters. The molecule has 166 valence electrons. The predicted molar refractivity (Wildman–Crippen MR) is 109 cm³/mol. The Morgan fingerprint density at radius 3 is 2.68 bits per heavy atom. The van der Waals surface area contributed by atoms with E-state index in [0.29, 0.717) is 32.4 Å². The van der Waals surface area contributed by atoms with Gasteiger partial charge in [0.05, 0.1) is 17.2 Å². The van der Waals surface area contributed by atoms with Crippen molar-refractivity contribution >= 4 is 11.7 Å². The van der Waals surface area contributed by atoms with Crippen molar-refractivity contribution in [3.8, 4) is 5.75 Å². The van der Waals surface area contributed by atoms with Gasteiger partial charge in [0.1, 0.15) is 11.4 Å². The predicted octanol–water partition coefficient (Wildman–Crippen LogP) is 4.73. The number of aliphatic carboxylic acids is 1. The number of pyridine rings is 1. The van der Waals surface area contributed by atoms with E-state index in [4.69, 9.17) is 9.84 Å². The maximum atomic E-state index is 13.4. The van der Waals surface area contributed by atoms with Gasteiger partial charge < -0.3 is 14.7 Å². The highest BCUT2D eigenvalue weighted by atomic mass is 19.4. The molecular weight excluding hydrogens is 409 g/mol. The third kappa shape index (κ3) is 4.48. The number of nitrogens with zero attached hydrogens (tertiary/aromatic N) is 2. The van der Waals surface area contributed by atoms with Gasteiger partial charge in [-0.25, -0.2) is 0 Å². The van der Waals surface area contributed by atoms with Crippen LogP contribution in [0.4, 0.5) is 18.9 Å². The third-order valence-electron chi connectivity index (χ3n) is 6.39. The summed E-state index contributed by atoms with van der Waals surface area (Å²) < 4.78 is 46.5. The summed E-state index contributed by atoms with van der Waals surface area (Å²) in [6, 6.07) is 7.29. The highest BCUT2D eigenvalue weighted by molar-refractivity contribution is 5.70. The number of piperidine rings is 1. The monoisotopic (exact) mass is 434 g/mol. The zero-order valence-electron chi connectivity index (χ0n) is 17.3. The lowest BCUT2D eigenvalue weighted by Gasteiger charge is -2.45. The van der Waals surface area contributed by atoms with Gasteiger partial charge in [0.25, 0.3) is 0 Å². The molecular formula is C23H25F3N2O3. The van der Waals surface area contributed by atoms with Gasteiger partial charge in [0.2, 0.25) is 0 Å². The van der Waals surface area contributed by atoms with Crippen LogP contribution in [-0.2, 0) is 23.8 Å². The fourth-order valence-corrected chi connectivity index (χ4v) is 4.50. The second kappa shape index (κ2) is 8.05. The lowest BCUT2D eigenvalue weighted by Crippen LogP contribution is -2.50. The van der Waals surface area contributed by atoms with Crippen molar-refractivity contribution in [1.29, 1.82) is 0 Å². The molecule has 3 heterocycles. The number of anilines is 1. The van der Waals surface area contributed by atoms with Crippen molar-refractivity contribution in [3.63, 3.8) is 0 Å². The van der Waals surface area contributed by atoms with E-state index in [-0.39, 0.29) is 5.69 Å². The number of benzene rings is 1. The molecule has 8 heteroatoms. The minimum atomic E-state index is -4.44. The second-order valence-electron chi connectivity index (χ2n) is 8.55. The first-order valence-electron chi connectivity index (χ1n) is 10.5. The third-order valence-corrected chi connectivity index (χ3v) is 6.39. The zero-order chi connectivity index (χ0) is 22.2. The quantitative estimate of drug-likeness (QED) is 0.754. The smallest absolute Gasteiger partial charge is 0.419 e. The van der Waals surface area contributed by atoms with Gasteiger partial charge in [-0.15, -0.1) is 0 Å². The average Bonchev–Trinajstić information content (AvgIpc) is 2.73. The summed E-state index contributed by atoms with van der Waals surface area (Å²) in [6.45, 7) is 2.62. The standard InChI is InChI=1S/C23H25F3N2O3/c1-15(21(29)30)12-16-2-3-17-4-6-22(31-20(17)13-16)7-10-28(11-8-22)19-5-9-27-14-18(19)23(24,25)26/h2-3,5,9,13-15H,4,6-8,10-12H2,1H3,(H,29,30). The summed E-state index contributed by atoms with van der Waals surface area (Å²) in [5, 5.41) is 9.16. The number of aryl methyl sites for hydroxylation is 1. The molecule has 1 fully saturated rings. The lowest BCUT2D eigenvalue weighted by atomic mass is 9.82. The number of aromatic nitrogens is 1. The van der Waals surface area contributed by atoms with E-state index < -0.39 is 29.2 Å². The molecule has 0 amide bonds. The van der Waals surface area contributed by atoms with Gasteiger partial charge in [0.15, 0.2) is 0 Å². The molecule has 31 heavy (non-hydrogen) atoms. The fraction of sp³-hybridized carbons (Fsp3) is 0.478. The SMILES string of the molecule is CC(Cc1ccc2c(c1)OC1(CC2)CCN(c2ccncc2C(F)(F)F)CC1)C(=O)O. The van der Waals surface area contributed by atoms with Crippen LogP contribution in [0.5, 0.6) is 5.75 Å². The van der Waals surface area contributed by atoms with E-state index in [1.165, 1.54) is 12.3 Å². The van der Waals surface area contributed by atoms with Crippen LogP contribution in [0.2, 0.25) is 0 Å². The van der Waals surface area contributed by atoms with Crippen LogP contribution in [-0.4, -0.2) is 34.8 Å². The summed E-state index contributed by atoms with van der Waals surface area (Å²) in [6.07, 6.45) is 1.17. The van der Waals surface area contributed by atoms with Gasteiger partial charge in [-0.3, -0.25) is 9.78 Å². The van der Waals surface area contributed by atoms with Crippen LogP contribution in [0, 0.1) is 5.92 Å². The molecule has 1 N–H and O–H groups in total. The summed E-state index contributed by atoms with van der Waals surface area (Å²) in [7, 11) is 0. The molecule has 1 spiro atoms. The molecule has 0 aliphatic carbocycles. The molecule has 5 nitrogen and oxygen atoms in total. The summed E-state index contributed by atoms with van der Waals surface area (Å²) in [5.74, 6) is -0.548. The molecule has 2 aliphatic heterocycles. The summed E-state index contributed by atoms with van der Waals surface area (Å²) >= 11 is 0. The van der Waals surface area contributed by atoms with Gasteiger partial charge in [-0.1, -0.05) is 19.1 Å². The molecule has 4 rings (SSSR count). The van der Waals surface area contributed by atoms with Gasteiger partial charge in [-0.2, -0.15) is 13.2 Å². The van der Waals surface area contributed by atoms with Crippen LogP contribution in [0.25, 0.3) is 0 Å². The Bertz CT molecular complexity index is 969. The Morgan fingerprint density at radius 1 is 1.26 bits per heavy atom. The van der Waals surface area contributed by atoms with Crippen LogP contribution < -0.4 is 9.64 Å². The zero-order valence-corrected chi connectivity index (χ0v) is 17.3. The van der Waals surface area contributed by atoms with Crippen molar-refractivity contribution in [3.05, 3.63) is 53.3 Å². The van der Waals surface area contributed by atoms with E-state index >= 15 is 0 Å². The number of carboxylic acids is 1. The number of ether oxygens (including phenoxy) is 1. The maximum absolute atomic E-state index is 13.4. The average molecular weight is 434 g/mol. The highest BCUT2D eigenvalue weighted by Gasteiger charge is 2.42. The van der Waals surface area contributed by atoms with E-state index in [0.717, 1.165) is 35.9 Å². The minimum absolute atomic E-state index is 0.165. The molecule has 0 bridgehead atoms. The van der Waals surface area contributed by atoms with Gasteiger partial charge >= 0.3 is 12.1 Å². The molecule has 0 saturated carbocycles. The molecule has 1 aromatic heterocycles. The van der Waals surface area contributed by atoms with Crippen molar-refractivity contribution < 1.29 is 27.8 Å². The largest absolute Gasteiger partial charge is 0.487 e. The first-order valence-corrected chi connectivity index (χ1v) is 10.5. The summed E-state index contributed by atoms with van der Waals surface area (Å²) in [4.78, 5) is 16.6. The number of hydrogen-bond donors (Lipinski definition) is 1. The molecule has 2 aliphatic rings. The normalized spacial score (nSPS) is 18.9. The highest BCUT2D eigenvalue weighted by Crippen LogP contribution is 2.42.